The van der Waals surface area contributed by atoms with Crippen molar-refractivity contribution >= 4 is 34.6 Å². The van der Waals surface area contributed by atoms with E-state index < -0.39 is 0 Å². The lowest BCUT2D eigenvalue weighted by Crippen LogP contribution is -2.30. The van der Waals surface area contributed by atoms with Gasteiger partial charge in [0, 0.05) is 13.1 Å². The molecule has 0 atom stereocenters. The highest BCUT2D eigenvalue weighted by molar-refractivity contribution is 7.15. The fraction of sp³-hybridized carbons (Fsp3) is 0.444. The molecule has 0 aliphatic rings. The molecule has 0 saturated carbocycles. The van der Waals surface area contributed by atoms with E-state index in [0.29, 0.717) is 0 Å². The molecule has 78 valence electrons. The summed E-state index contributed by atoms with van der Waals surface area (Å²) in [5, 5.41) is 8.23. The Labute approximate surface area is 93.2 Å². The molecular weight excluding hydrogens is 218 g/mol. The molecule has 0 aliphatic carbocycles. The van der Waals surface area contributed by atoms with Crippen LogP contribution in [0.25, 0.3) is 0 Å². The first-order valence-corrected chi connectivity index (χ1v) is 5.82. The van der Waals surface area contributed by atoms with Gasteiger partial charge in [-0.2, -0.15) is 0 Å². The summed E-state index contributed by atoms with van der Waals surface area (Å²) in [5.41, 5.74) is 0.907. The number of hydrogen-bond donors (Lipinski definition) is 2. The molecule has 0 unspecified atom stereocenters. The Morgan fingerprint density at radius 3 is 2.86 bits per heavy atom. The van der Waals surface area contributed by atoms with Gasteiger partial charge in [-0.05, 0) is 25.3 Å². The number of guanidine groups is 1. The number of aliphatic imine (C=N–C) groups is 1. The number of hydrogen-bond acceptors (Lipinski definition) is 2. The fourth-order valence-electron chi connectivity index (χ4n) is 0.974. The molecule has 0 radical (unpaired) electrons. The van der Waals surface area contributed by atoms with E-state index in [9.17, 15) is 0 Å². The van der Waals surface area contributed by atoms with Gasteiger partial charge in [0.1, 0.15) is 4.34 Å². The van der Waals surface area contributed by atoms with Crippen molar-refractivity contribution in [2.24, 2.45) is 4.99 Å². The van der Waals surface area contributed by atoms with Gasteiger partial charge >= 0.3 is 0 Å². The van der Waals surface area contributed by atoms with Gasteiger partial charge in [0.25, 0.3) is 0 Å². The van der Waals surface area contributed by atoms with Crippen LogP contribution < -0.4 is 10.6 Å². The maximum atomic E-state index is 5.96. The molecule has 0 amide bonds. The molecule has 1 aromatic heterocycles. The minimum atomic E-state index is 0.747. The van der Waals surface area contributed by atoms with Crippen molar-refractivity contribution in [3.63, 3.8) is 0 Å². The van der Waals surface area contributed by atoms with Crippen LogP contribution in [0.3, 0.4) is 0 Å². The van der Waals surface area contributed by atoms with Crippen LogP contribution in [0, 0.1) is 0 Å². The summed E-state index contributed by atoms with van der Waals surface area (Å²) in [7, 11) is 0. The Kier molecular flexibility index (Phi) is 4.76. The average Bonchev–Trinajstić information content (AvgIpc) is 2.53. The van der Waals surface area contributed by atoms with E-state index in [-0.39, 0.29) is 0 Å². The summed E-state index contributed by atoms with van der Waals surface area (Å²) >= 11 is 7.46. The Morgan fingerprint density at radius 2 is 2.36 bits per heavy atom. The van der Waals surface area contributed by atoms with Crippen LogP contribution in [-0.4, -0.2) is 19.0 Å². The first kappa shape index (κ1) is 11.3. The number of thiophene rings is 1. The van der Waals surface area contributed by atoms with Crippen LogP contribution in [0.1, 0.15) is 13.8 Å². The Morgan fingerprint density at radius 1 is 1.57 bits per heavy atom. The van der Waals surface area contributed by atoms with E-state index in [4.69, 9.17) is 11.6 Å². The van der Waals surface area contributed by atoms with Gasteiger partial charge in [-0.15, -0.1) is 11.3 Å². The second-order valence-corrected chi connectivity index (χ2v) is 4.10. The zero-order chi connectivity index (χ0) is 10.4. The zero-order valence-electron chi connectivity index (χ0n) is 8.30. The van der Waals surface area contributed by atoms with Gasteiger partial charge in [-0.3, -0.25) is 4.99 Å². The summed E-state index contributed by atoms with van der Waals surface area (Å²) < 4.78 is 0.756. The van der Waals surface area contributed by atoms with E-state index >= 15 is 0 Å². The third kappa shape index (κ3) is 3.20. The molecule has 2 N–H and O–H groups in total. The van der Waals surface area contributed by atoms with Crippen molar-refractivity contribution in [1.29, 1.82) is 0 Å². The molecule has 0 spiro atoms. The van der Waals surface area contributed by atoms with Crippen molar-refractivity contribution < 1.29 is 0 Å². The van der Waals surface area contributed by atoms with Gasteiger partial charge in [0.15, 0.2) is 5.96 Å². The second-order valence-electron chi connectivity index (χ2n) is 2.59. The molecule has 0 fully saturated rings. The van der Waals surface area contributed by atoms with Gasteiger partial charge in [-0.1, -0.05) is 11.6 Å². The van der Waals surface area contributed by atoms with Gasteiger partial charge in [-0.25, -0.2) is 0 Å². The summed E-state index contributed by atoms with van der Waals surface area (Å²) in [5.74, 6) is 0.773. The largest absolute Gasteiger partial charge is 0.356 e. The summed E-state index contributed by atoms with van der Waals surface area (Å²) in [4.78, 5) is 4.27. The highest BCUT2D eigenvalue weighted by atomic mass is 35.5. The maximum absolute atomic E-state index is 5.96. The average molecular weight is 232 g/mol. The van der Waals surface area contributed by atoms with E-state index in [0.717, 1.165) is 29.1 Å². The minimum absolute atomic E-state index is 0.747. The second kappa shape index (κ2) is 5.88. The number of halogens is 1. The first-order valence-electron chi connectivity index (χ1n) is 4.56. The van der Waals surface area contributed by atoms with E-state index in [1.807, 2.05) is 25.3 Å². The SMILES string of the molecule is CCN=C(NCC)Nc1ccsc1Cl. The van der Waals surface area contributed by atoms with Gasteiger partial charge in [0.2, 0.25) is 0 Å². The molecule has 0 bridgehead atoms. The minimum Gasteiger partial charge on any atom is -0.356 e. The summed E-state index contributed by atoms with van der Waals surface area (Å²) in [6.45, 7) is 5.61. The smallest absolute Gasteiger partial charge is 0.195 e. The van der Waals surface area contributed by atoms with E-state index in [1.54, 1.807) is 0 Å². The Balaban J connectivity index is 2.65. The lowest BCUT2D eigenvalue weighted by atomic mass is 10.5. The quantitative estimate of drug-likeness (QED) is 0.620. The standard InChI is InChI=1S/C9H14ClN3S/c1-3-11-9(12-4-2)13-7-5-6-14-8(7)10/h5-6H,3-4H2,1-2H3,(H2,11,12,13). The van der Waals surface area contributed by atoms with Crippen molar-refractivity contribution in [3.05, 3.63) is 15.8 Å². The monoisotopic (exact) mass is 231 g/mol. The molecule has 1 heterocycles. The number of nitrogens with one attached hydrogen (secondary N) is 2. The highest BCUT2D eigenvalue weighted by Crippen LogP contribution is 2.27. The zero-order valence-corrected chi connectivity index (χ0v) is 9.87. The van der Waals surface area contributed by atoms with Crippen LogP contribution in [0.5, 0.6) is 0 Å². The lowest BCUT2D eigenvalue weighted by Gasteiger charge is -2.09. The normalized spacial score (nSPS) is 11.5. The predicted octanol–water partition coefficient (Wildman–Crippen LogP) is 2.80. The van der Waals surface area contributed by atoms with Crippen LogP contribution in [0.4, 0.5) is 5.69 Å². The Bertz CT molecular complexity index is 309. The number of nitrogens with zero attached hydrogens (tertiary/aromatic N) is 1. The van der Waals surface area contributed by atoms with Crippen LogP contribution >= 0.6 is 22.9 Å². The van der Waals surface area contributed by atoms with Crippen LogP contribution in [0.15, 0.2) is 16.4 Å². The molecule has 0 saturated heterocycles. The van der Waals surface area contributed by atoms with Crippen molar-refractivity contribution in [2.75, 3.05) is 18.4 Å². The fourth-order valence-corrected chi connectivity index (χ4v) is 1.81. The summed E-state index contributed by atoms with van der Waals surface area (Å²) in [6.07, 6.45) is 0. The van der Waals surface area contributed by atoms with Gasteiger partial charge in [0.05, 0.1) is 5.69 Å². The third-order valence-corrected chi connectivity index (χ3v) is 2.70. The molecule has 0 aliphatic heterocycles. The van der Waals surface area contributed by atoms with E-state index in [2.05, 4.69) is 15.6 Å². The highest BCUT2D eigenvalue weighted by Gasteiger charge is 2.03. The first-order chi connectivity index (χ1) is 6.77. The Hall–Kier alpha value is -0.740. The van der Waals surface area contributed by atoms with Crippen molar-refractivity contribution in [3.8, 4) is 0 Å². The molecule has 3 nitrogen and oxygen atoms in total. The third-order valence-electron chi connectivity index (χ3n) is 1.53. The summed E-state index contributed by atoms with van der Waals surface area (Å²) in [6, 6.07) is 1.94. The molecule has 5 heteroatoms. The van der Waals surface area contributed by atoms with E-state index in [1.165, 1.54) is 11.3 Å². The molecule has 1 aromatic rings. The molecule has 14 heavy (non-hydrogen) atoms. The molecular formula is C9H14ClN3S. The van der Waals surface area contributed by atoms with Crippen LogP contribution in [-0.2, 0) is 0 Å². The van der Waals surface area contributed by atoms with Crippen LogP contribution in [0.2, 0.25) is 4.34 Å². The van der Waals surface area contributed by atoms with Crippen molar-refractivity contribution in [2.45, 2.75) is 13.8 Å². The predicted molar refractivity (Wildman–Crippen MR) is 64.6 cm³/mol. The number of rotatable bonds is 3. The maximum Gasteiger partial charge on any atom is 0.195 e. The van der Waals surface area contributed by atoms with Crippen molar-refractivity contribution in [1.82, 2.24) is 5.32 Å². The van der Waals surface area contributed by atoms with Gasteiger partial charge < -0.3 is 10.6 Å². The number of anilines is 1. The molecule has 1 rings (SSSR count). The lowest BCUT2D eigenvalue weighted by molar-refractivity contribution is 0.944. The topological polar surface area (TPSA) is 36.4 Å². The molecule has 0 aromatic carbocycles.